The molecule has 0 atom stereocenters. The summed E-state index contributed by atoms with van der Waals surface area (Å²) >= 11 is 0. The molecule has 0 radical (unpaired) electrons. The number of benzene rings is 1. The van der Waals surface area contributed by atoms with Crippen molar-refractivity contribution in [3.63, 3.8) is 0 Å². The van der Waals surface area contributed by atoms with E-state index < -0.39 is 16.0 Å². The van der Waals surface area contributed by atoms with Crippen LogP contribution in [0.4, 0.5) is 0 Å². The Balaban J connectivity index is 2.22. The summed E-state index contributed by atoms with van der Waals surface area (Å²) in [7, 11) is -2.48. The largest absolute Gasteiger partial charge is 0.465 e. The van der Waals surface area contributed by atoms with Gasteiger partial charge < -0.3 is 4.74 Å². The lowest BCUT2D eigenvalue weighted by atomic mass is 9.88. The Bertz CT molecular complexity index is 604. The summed E-state index contributed by atoms with van der Waals surface area (Å²) < 4.78 is 32.4. The van der Waals surface area contributed by atoms with Gasteiger partial charge in [0.2, 0.25) is 10.0 Å². The number of methoxy groups -OCH3 is 1. The van der Waals surface area contributed by atoms with Gasteiger partial charge in [-0.2, -0.15) is 0 Å². The molecule has 0 heterocycles. The highest BCUT2D eigenvalue weighted by molar-refractivity contribution is 7.89. The smallest absolute Gasteiger partial charge is 0.339 e. The molecule has 1 fully saturated rings. The highest BCUT2D eigenvalue weighted by atomic mass is 32.2. The van der Waals surface area contributed by atoms with Crippen molar-refractivity contribution in [1.29, 1.82) is 0 Å². The average Bonchev–Trinajstić information content (AvgIpc) is 2.48. The highest BCUT2D eigenvalue weighted by Crippen LogP contribution is 2.25. The van der Waals surface area contributed by atoms with Crippen molar-refractivity contribution in [2.75, 3.05) is 7.11 Å². The van der Waals surface area contributed by atoms with Crippen molar-refractivity contribution in [3.8, 4) is 0 Å². The third-order valence-electron chi connectivity index (χ3n) is 3.92. The third-order valence-corrected chi connectivity index (χ3v) is 5.50. The molecule has 1 aromatic carbocycles. The Morgan fingerprint density at radius 2 is 1.81 bits per heavy atom. The van der Waals surface area contributed by atoms with Gasteiger partial charge in [-0.25, -0.2) is 17.9 Å². The van der Waals surface area contributed by atoms with Gasteiger partial charge in [-0.05, 0) is 43.7 Å². The summed E-state index contributed by atoms with van der Waals surface area (Å²) in [6, 6.07) is 6.05. The third kappa shape index (κ3) is 3.83. The Hall–Kier alpha value is -1.40. The van der Waals surface area contributed by atoms with Crippen molar-refractivity contribution in [1.82, 2.24) is 4.72 Å². The Morgan fingerprint density at radius 1 is 1.19 bits per heavy atom. The lowest BCUT2D eigenvalue weighted by Crippen LogP contribution is -2.37. The van der Waals surface area contributed by atoms with Gasteiger partial charge in [-0.3, -0.25) is 0 Å². The average molecular weight is 311 g/mol. The van der Waals surface area contributed by atoms with Gasteiger partial charge in [-0.15, -0.1) is 0 Å². The van der Waals surface area contributed by atoms with Crippen LogP contribution < -0.4 is 4.72 Å². The zero-order valence-corrected chi connectivity index (χ0v) is 13.2. The van der Waals surface area contributed by atoms with E-state index in [0.717, 1.165) is 25.7 Å². The van der Waals surface area contributed by atoms with E-state index in [9.17, 15) is 13.2 Å². The van der Waals surface area contributed by atoms with E-state index in [0.29, 0.717) is 5.92 Å². The van der Waals surface area contributed by atoms with Crippen molar-refractivity contribution in [2.24, 2.45) is 5.92 Å². The Labute approximate surface area is 125 Å². The first kappa shape index (κ1) is 16.0. The molecule has 21 heavy (non-hydrogen) atoms. The maximum Gasteiger partial charge on any atom is 0.339 e. The molecule has 6 heteroatoms. The summed E-state index contributed by atoms with van der Waals surface area (Å²) in [6.45, 7) is 2.18. The first-order valence-corrected chi connectivity index (χ1v) is 8.62. The van der Waals surface area contributed by atoms with Crippen LogP contribution in [-0.4, -0.2) is 27.5 Å². The van der Waals surface area contributed by atoms with Gasteiger partial charge >= 0.3 is 5.97 Å². The van der Waals surface area contributed by atoms with E-state index in [2.05, 4.69) is 16.4 Å². The number of carbonyl (C=O) groups is 1. The number of carbonyl (C=O) groups excluding carboxylic acids is 1. The molecule has 0 aromatic heterocycles. The molecule has 1 aliphatic rings. The van der Waals surface area contributed by atoms with E-state index >= 15 is 0 Å². The lowest BCUT2D eigenvalue weighted by Gasteiger charge is -2.26. The molecular formula is C15H21NO4S. The Morgan fingerprint density at radius 3 is 2.43 bits per heavy atom. The van der Waals surface area contributed by atoms with Gasteiger partial charge in [0.1, 0.15) is 0 Å². The molecule has 116 valence electrons. The van der Waals surface area contributed by atoms with E-state index in [1.54, 1.807) is 12.1 Å². The maximum absolute atomic E-state index is 12.5. The monoisotopic (exact) mass is 311 g/mol. The number of hydrogen-bond acceptors (Lipinski definition) is 4. The second-order valence-corrected chi connectivity index (χ2v) is 7.25. The van der Waals surface area contributed by atoms with Crippen LogP contribution in [0.2, 0.25) is 0 Å². The van der Waals surface area contributed by atoms with E-state index in [1.807, 2.05) is 0 Å². The van der Waals surface area contributed by atoms with Gasteiger partial charge in [0.05, 0.1) is 17.6 Å². The molecule has 0 saturated heterocycles. The standard InChI is InChI=1S/C15H21NO4S/c1-11-7-9-12(10-8-11)16-21(18,19)14-6-4-3-5-13(14)15(17)20-2/h3-6,11-12,16H,7-10H2,1-2H3. The molecule has 2 rings (SSSR count). The minimum absolute atomic E-state index is 0.0181. The van der Waals surface area contributed by atoms with Crippen molar-refractivity contribution < 1.29 is 17.9 Å². The number of hydrogen-bond donors (Lipinski definition) is 1. The predicted molar refractivity (Wildman–Crippen MR) is 79.5 cm³/mol. The van der Waals surface area contributed by atoms with Crippen molar-refractivity contribution >= 4 is 16.0 Å². The zero-order chi connectivity index (χ0) is 15.5. The Kier molecular flexibility index (Phi) is 5.00. The van der Waals surface area contributed by atoms with Crippen LogP contribution in [0.3, 0.4) is 0 Å². The first-order valence-electron chi connectivity index (χ1n) is 7.13. The van der Waals surface area contributed by atoms with Crippen LogP contribution in [0.25, 0.3) is 0 Å². The van der Waals surface area contributed by atoms with Gasteiger partial charge in [-0.1, -0.05) is 19.1 Å². The minimum atomic E-state index is -3.71. The van der Waals surface area contributed by atoms with E-state index in [4.69, 9.17) is 0 Å². The minimum Gasteiger partial charge on any atom is -0.465 e. The van der Waals surface area contributed by atoms with Crippen LogP contribution in [0.1, 0.15) is 43.0 Å². The second kappa shape index (κ2) is 6.58. The number of ether oxygens (including phenoxy) is 1. The topological polar surface area (TPSA) is 72.5 Å². The predicted octanol–water partition coefficient (Wildman–Crippen LogP) is 2.33. The lowest BCUT2D eigenvalue weighted by molar-refractivity contribution is 0.0596. The number of nitrogens with one attached hydrogen (secondary N) is 1. The number of rotatable bonds is 4. The first-order chi connectivity index (χ1) is 9.94. The van der Waals surface area contributed by atoms with Crippen molar-refractivity contribution in [2.45, 2.75) is 43.5 Å². The summed E-state index contributed by atoms with van der Waals surface area (Å²) in [6.07, 6.45) is 3.71. The molecule has 5 nitrogen and oxygen atoms in total. The molecule has 0 bridgehead atoms. The van der Waals surface area contributed by atoms with Crippen LogP contribution in [0.5, 0.6) is 0 Å². The molecule has 0 amide bonds. The van der Waals surface area contributed by atoms with Gasteiger partial charge in [0.15, 0.2) is 0 Å². The maximum atomic E-state index is 12.5. The SMILES string of the molecule is COC(=O)c1ccccc1S(=O)(=O)NC1CCC(C)CC1. The normalized spacial score (nSPS) is 22.8. The molecule has 0 unspecified atom stereocenters. The molecule has 1 N–H and O–H groups in total. The van der Waals surface area contributed by atoms with Crippen LogP contribution >= 0.6 is 0 Å². The van der Waals surface area contributed by atoms with Crippen molar-refractivity contribution in [3.05, 3.63) is 29.8 Å². The number of sulfonamides is 1. The van der Waals surface area contributed by atoms with E-state index in [1.165, 1.54) is 19.2 Å². The molecule has 0 aliphatic heterocycles. The zero-order valence-electron chi connectivity index (χ0n) is 12.3. The molecular weight excluding hydrogens is 290 g/mol. The van der Waals surface area contributed by atoms with Gasteiger partial charge in [0.25, 0.3) is 0 Å². The second-order valence-electron chi connectivity index (χ2n) is 5.57. The summed E-state index contributed by atoms with van der Waals surface area (Å²) in [5.41, 5.74) is 0.0664. The highest BCUT2D eigenvalue weighted by Gasteiger charge is 2.27. The van der Waals surface area contributed by atoms with E-state index in [-0.39, 0.29) is 16.5 Å². The van der Waals surface area contributed by atoms with Crippen LogP contribution in [0, 0.1) is 5.92 Å². The molecule has 1 saturated carbocycles. The summed E-state index contributed by atoms with van der Waals surface area (Å²) in [5.74, 6) is 0.00125. The molecule has 1 aliphatic carbocycles. The fourth-order valence-corrected chi connectivity index (χ4v) is 4.14. The van der Waals surface area contributed by atoms with Gasteiger partial charge in [0, 0.05) is 6.04 Å². The number of esters is 1. The fourth-order valence-electron chi connectivity index (χ4n) is 2.64. The van der Waals surface area contributed by atoms with Crippen LogP contribution in [-0.2, 0) is 14.8 Å². The quantitative estimate of drug-likeness (QED) is 0.866. The molecule has 0 spiro atoms. The summed E-state index contributed by atoms with van der Waals surface area (Å²) in [5, 5.41) is 0. The summed E-state index contributed by atoms with van der Waals surface area (Å²) in [4.78, 5) is 11.7. The van der Waals surface area contributed by atoms with Crippen LogP contribution in [0.15, 0.2) is 29.2 Å². The molecule has 1 aromatic rings. The fraction of sp³-hybridized carbons (Fsp3) is 0.533.